The Labute approximate surface area is 172 Å². The number of primary amides is 1. The number of amides is 2. The second kappa shape index (κ2) is 7.79. The number of nitrogens with one attached hydrogen (secondary N) is 1. The lowest BCUT2D eigenvalue weighted by Gasteiger charge is -2.27. The molecule has 30 heavy (non-hydrogen) atoms. The van der Waals surface area contributed by atoms with Gasteiger partial charge in [0.1, 0.15) is 23.6 Å². The lowest BCUT2D eigenvalue weighted by atomic mass is 10.1. The summed E-state index contributed by atoms with van der Waals surface area (Å²) in [5, 5.41) is 16.5. The molecule has 2 aromatic heterocycles. The third-order valence-electron chi connectivity index (χ3n) is 5.19. The maximum Gasteiger partial charge on any atom is 0.276 e. The SMILES string of the molecule is CCn1nc(C)cc1C(=O)Nc1nc2cc(C(N)=O)cc3c2n1[C@@H](CCCO)CO3. The van der Waals surface area contributed by atoms with Crippen LogP contribution in [0.25, 0.3) is 11.0 Å². The summed E-state index contributed by atoms with van der Waals surface area (Å²) >= 11 is 0. The van der Waals surface area contributed by atoms with Crippen molar-refractivity contribution in [2.24, 2.45) is 5.73 Å². The van der Waals surface area contributed by atoms with Crippen LogP contribution in [0, 0.1) is 6.92 Å². The number of rotatable bonds is 7. The molecule has 1 aliphatic rings. The zero-order chi connectivity index (χ0) is 21.4. The molecule has 0 saturated carbocycles. The number of aliphatic hydroxyl groups excluding tert-OH is 1. The molecule has 0 saturated heterocycles. The first kappa shape index (κ1) is 19.9. The van der Waals surface area contributed by atoms with E-state index in [9.17, 15) is 14.7 Å². The van der Waals surface area contributed by atoms with E-state index >= 15 is 0 Å². The van der Waals surface area contributed by atoms with E-state index in [-0.39, 0.29) is 24.1 Å². The molecule has 4 rings (SSSR count). The van der Waals surface area contributed by atoms with Gasteiger partial charge < -0.3 is 20.1 Å². The van der Waals surface area contributed by atoms with Gasteiger partial charge in [0, 0.05) is 18.7 Å². The Bertz CT molecular complexity index is 1130. The van der Waals surface area contributed by atoms with E-state index in [1.165, 1.54) is 0 Å². The van der Waals surface area contributed by atoms with Crippen LogP contribution in [0.5, 0.6) is 5.75 Å². The lowest BCUT2D eigenvalue weighted by Crippen LogP contribution is -2.26. The number of anilines is 1. The lowest BCUT2D eigenvalue weighted by molar-refractivity contribution is 0.0995. The molecule has 4 N–H and O–H groups in total. The second-order valence-electron chi connectivity index (χ2n) is 7.28. The molecule has 0 spiro atoms. The minimum absolute atomic E-state index is 0.0540. The van der Waals surface area contributed by atoms with Crippen molar-refractivity contribution in [1.82, 2.24) is 19.3 Å². The first-order valence-corrected chi connectivity index (χ1v) is 9.88. The van der Waals surface area contributed by atoms with Crippen molar-refractivity contribution in [3.05, 3.63) is 35.2 Å². The molecule has 3 aromatic rings. The molecule has 0 aliphatic carbocycles. The quantitative estimate of drug-likeness (QED) is 0.539. The van der Waals surface area contributed by atoms with Gasteiger partial charge in [0.15, 0.2) is 0 Å². The highest BCUT2D eigenvalue weighted by Gasteiger charge is 2.29. The molecular formula is C20H24N6O4. The van der Waals surface area contributed by atoms with Crippen LogP contribution in [0.1, 0.15) is 52.3 Å². The van der Waals surface area contributed by atoms with Crippen LogP contribution in [0.2, 0.25) is 0 Å². The summed E-state index contributed by atoms with van der Waals surface area (Å²) < 4.78 is 9.40. The summed E-state index contributed by atoms with van der Waals surface area (Å²) in [4.78, 5) is 29.2. The van der Waals surface area contributed by atoms with Crippen molar-refractivity contribution < 1.29 is 19.4 Å². The van der Waals surface area contributed by atoms with Gasteiger partial charge in [-0.2, -0.15) is 5.10 Å². The molecule has 1 aromatic carbocycles. The topological polar surface area (TPSA) is 137 Å². The molecule has 10 nitrogen and oxygen atoms in total. The highest BCUT2D eigenvalue weighted by atomic mass is 16.5. The summed E-state index contributed by atoms with van der Waals surface area (Å²) in [6, 6.07) is 4.78. The number of ether oxygens (including phenoxy) is 1. The fourth-order valence-electron chi connectivity index (χ4n) is 3.83. The predicted molar refractivity (Wildman–Crippen MR) is 110 cm³/mol. The summed E-state index contributed by atoms with van der Waals surface area (Å²) in [7, 11) is 0. The van der Waals surface area contributed by atoms with Gasteiger partial charge in [0.2, 0.25) is 11.9 Å². The van der Waals surface area contributed by atoms with E-state index in [0.717, 1.165) is 5.69 Å². The van der Waals surface area contributed by atoms with Crippen molar-refractivity contribution in [3.63, 3.8) is 0 Å². The van der Waals surface area contributed by atoms with E-state index in [0.29, 0.717) is 54.4 Å². The first-order valence-electron chi connectivity index (χ1n) is 9.88. The Morgan fingerprint density at radius 3 is 2.87 bits per heavy atom. The normalized spacial score (nSPS) is 15.2. The van der Waals surface area contributed by atoms with Gasteiger partial charge in [-0.15, -0.1) is 0 Å². The number of hydrogen-bond acceptors (Lipinski definition) is 6. The highest BCUT2D eigenvalue weighted by molar-refractivity contribution is 6.04. The van der Waals surface area contributed by atoms with Crippen molar-refractivity contribution >= 4 is 28.8 Å². The third-order valence-corrected chi connectivity index (χ3v) is 5.19. The van der Waals surface area contributed by atoms with Gasteiger partial charge in [0.05, 0.1) is 17.3 Å². The summed E-state index contributed by atoms with van der Waals surface area (Å²) in [5.41, 5.74) is 8.10. The Morgan fingerprint density at radius 2 is 2.17 bits per heavy atom. The van der Waals surface area contributed by atoms with E-state index in [1.54, 1.807) is 22.9 Å². The Balaban J connectivity index is 1.80. The monoisotopic (exact) mass is 412 g/mol. The van der Waals surface area contributed by atoms with Crippen LogP contribution in [0.3, 0.4) is 0 Å². The second-order valence-corrected chi connectivity index (χ2v) is 7.28. The highest BCUT2D eigenvalue weighted by Crippen LogP contribution is 2.38. The molecule has 158 valence electrons. The molecule has 2 amide bonds. The number of aromatic nitrogens is 4. The molecule has 0 fully saturated rings. The third kappa shape index (κ3) is 3.39. The average Bonchev–Trinajstić information content (AvgIpc) is 3.28. The molecule has 0 radical (unpaired) electrons. The number of benzene rings is 1. The zero-order valence-electron chi connectivity index (χ0n) is 16.9. The van der Waals surface area contributed by atoms with Gasteiger partial charge in [-0.3, -0.25) is 19.6 Å². The van der Waals surface area contributed by atoms with Crippen molar-refractivity contribution in [3.8, 4) is 5.75 Å². The van der Waals surface area contributed by atoms with Crippen LogP contribution >= 0.6 is 0 Å². The van der Waals surface area contributed by atoms with Crippen molar-refractivity contribution in [2.75, 3.05) is 18.5 Å². The Kier molecular flexibility index (Phi) is 5.17. The number of hydrogen-bond donors (Lipinski definition) is 3. The molecule has 1 aliphatic heterocycles. The molecule has 0 bridgehead atoms. The van der Waals surface area contributed by atoms with Gasteiger partial charge >= 0.3 is 0 Å². The van der Waals surface area contributed by atoms with Crippen LogP contribution in [0.15, 0.2) is 18.2 Å². The van der Waals surface area contributed by atoms with Gasteiger partial charge in [-0.1, -0.05) is 0 Å². The van der Waals surface area contributed by atoms with Crippen LogP contribution in [-0.4, -0.2) is 49.5 Å². The largest absolute Gasteiger partial charge is 0.489 e. The standard InChI is InChI=1S/C20H24N6O4/c1-3-25-15(7-11(2)24-25)19(29)23-20-22-14-8-12(18(21)28)9-16-17(14)26(20)13(10-30-16)5-4-6-27/h7-9,13,27H,3-6,10H2,1-2H3,(H2,21,28)(H,22,23,29)/t13-/m0/s1. The number of carbonyl (C=O) groups excluding carboxylic acids is 2. The smallest absolute Gasteiger partial charge is 0.276 e. The maximum atomic E-state index is 13.0. The van der Waals surface area contributed by atoms with Crippen LogP contribution < -0.4 is 15.8 Å². The molecule has 1 atom stereocenters. The number of aryl methyl sites for hydroxylation is 2. The fraction of sp³-hybridized carbons (Fsp3) is 0.400. The predicted octanol–water partition coefficient (Wildman–Crippen LogP) is 1.62. The van der Waals surface area contributed by atoms with Crippen LogP contribution in [0.4, 0.5) is 5.95 Å². The fourth-order valence-corrected chi connectivity index (χ4v) is 3.83. The minimum Gasteiger partial charge on any atom is -0.489 e. The summed E-state index contributed by atoms with van der Waals surface area (Å²) in [6.07, 6.45) is 1.23. The average molecular weight is 412 g/mol. The number of nitrogens with zero attached hydrogens (tertiary/aromatic N) is 4. The van der Waals surface area contributed by atoms with E-state index in [4.69, 9.17) is 10.5 Å². The number of nitrogens with two attached hydrogens (primary N) is 1. The van der Waals surface area contributed by atoms with Crippen molar-refractivity contribution in [1.29, 1.82) is 0 Å². The maximum absolute atomic E-state index is 13.0. The molecule has 0 unspecified atom stereocenters. The van der Waals surface area contributed by atoms with Gasteiger partial charge in [-0.05, 0) is 44.9 Å². The van der Waals surface area contributed by atoms with Gasteiger partial charge in [0.25, 0.3) is 5.91 Å². The van der Waals surface area contributed by atoms with Crippen LogP contribution in [-0.2, 0) is 6.54 Å². The number of aliphatic hydroxyl groups is 1. The van der Waals surface area contributed by atoms with Gasteiger partial charge in [-0.25, -0.2) is 4.98 Å². The van der Waals surface area contributed by atoms with E-state index in [1.807, 2.05) is 18.4 Å². The molecule has 3 heterocycles. The molecular weight excluding hydrogens is 388 g/mol. The summed E-state index contributed by atoms with van der Waals surface area (Å²) in [5.74, 6) is -0.0655. The minimum atomic E-state index is -0.582. The first-order chi connectivity index (χ1) is 14.4. The summed E-state index contributed by atoms with van der Waals surface area (Å²) in [6.45, 7) is 4.69. The van der Waals surface area contributed by atoms with Crippen molar-refractivity contribution in [2.45, 2.75) is 39.3 Å². The van der Waals surface area contributed by atoms with E-state index in [2.05, 4.69) is 15.4 Å². The number of imidazole rings is 1. The Hall–Kier alpha value is -3.40. The zero-order valence-corrected chi connectivity index (χ0v) is 16.9. The molecule has 10 heteroatoms. The Morgan fingerprint density at radius 1 is 1.37 bits per heavy atom. The van der Waals surface area contributed by atoms with E-state index < -0.39 is 5.91 Å². The number of carbonyl (C=O) groups is 2.